The van der Waals surface area contributed by atoms with Crippen molar-refractivity contribution in [3.8, 4) is 0 Å². The summed E-state index contributed by atoms with van der Waals surface area (Å²) in [5.74, 6) is -1.63. The van der Waals surface area contributed by atoms with Gasteiger partial charge in [0.25, 0.3) is 5.91 Å². The van der Waals surface area contributed by atoms with E-state index in [0.29, 0.717) is 5.01 Å². The first kappa shape index (κ1) is 15.7. The van der Waals surface area contributed by atoms with Crippen molar-refractivity contribution in [2.24, 2.45) is 0 Å². The molecule has 0 saturated heterocycles. The van der Waals surface area contributed by atoms with E-state index in [1.54, 1.807) is 6.92 Å². The van der Waals surface area contributed by atoms with E-state index < -0.39 is 17.9 Å². The number of rotatable bonds is 4. The summed E-state index contributed by atoms with van der Waals surface area (Å²) in [5.41, 5.74) is -0.0546. The van der Waals surface area contributed by atoms with Gasteiger partial charge in [-0.1, -0.05) is 23.2 Å². The minimum atomic E-state index is -1.12. The zero-order valence-electron chi connectivity index (χ0n) is 10.6. The molecule has 0 aliphatic carbocycles. The van der Waals surface area contributed by atoms with Crippen LogP contribution < -0.4 is 5.32 Å². The lowest BCUT2D eigenvalue weighted by Crippen LogP contribution is -2.27. The zero-order valence-corrected chi connectivity index (χ0v) is 13.0. The number of carboxylic acids is 1. The van der Waals surface area contributed by atoms with Crippen molar-refractivity contribution in [2.75, 3.05) is 0 Å². The molecule has 1 unspecified atom stereocenters. The van der Waals surface area contributed by atoms with Gasteiger partial charge in [-0.15, -0.1) is 11.3 Å². The standard InChI is InChI=1S/C12H9Cl2N3O3S/c1-5(11-16-7(4-21-11)12(19)20)15-10(18)9-6(13)2-3-8(14)17-9/h2-5H,1H3,(H,15,18)(H,19,20). The molecule has 0 aromatic carbocycles. The molecule has 0 aliphatic heterocycles. The second-order valence-electron chi connectivity index (χ2n) is 4.04. The fourth-order valence-electron chi connectivity index (χ4n) is 1.49. The number of hydrogen-bond acceptors (Lipinski definition) is 5. The molecule has 21 heavy (non-hydrogen) atoms. The number of carboxylic acid groups (broad SMARTS) is 1. The van der Waals surface area contributed by atoms with Gasteiger partial charge in [0.2, 0.25) is 0 Å². The van der Waals surface area contributed by atoms with E-state index in [1.807, 2.05) is 0 Å². The smallest absolute Gasteiger partial charge is 0.355 e. The normalized spacial score (nSPS) is 12.0. The molecule has 0 radical (unpaired) electrons. The third-order valence-corrected chi connectivity index (χ3v) is 4.03. The maximum Gasteiger partial charge on any atom is 0.355 e. The van der Waals surface area contributed by atoms with Crippen molar-refractivity contribution in [1.29, 1.82) is 0 Å². The largest absolute Gasteiger partial charge is 0.476 e. The summed E-state index contributed by atoms with van der Waals surface area (Å²) in [4.78, 5) is 30.6. The molecule has 0 spiro atoms. The third-order valence-electron chi connectivity index (χ3n) is 2.49. The Morgan fingerprint density at radius 1 is 1.33 bits per heavy atom. The number of pyridine rings is 1. The number of thiazole rings is 1. The van der Waals surface area contributed by atoms with Crippen LogP contribution in [0.25, 0.3) is 0 Å². The Balaban J connectivity index is 2.14. The minimum Gasteiger partial charge on any atom is -0.476 e. The second-order valence-corrected chi connectivity index (χ2v) is 5.72. The summed E-state index contributed by atoms with van der Waals surface area (Å²) in [5, 5.41) is 13.7. The highest BCUT2D eigenvalue weighted by Crippen LogP contribution is 2.21. The summed E-state index contributed by atoms with van der Waals surface area (Å²) in [6.45, 7) is 1.68. The molecule has 110 valence electrons. The number of carbonyl (C=O) groups is 2. The van der Waals surface area contributed by atoms with Crippen LogP contribution in [0.5, 0.6) is 0 Å². The van der Waals surface area contributed by atoms with Crippen LogP contribution in [-0.2, 0) is 0 Å². The average molecular weight is 346 g/mol. The van der Waals surface area contributed by atoms with Gasteiger partial charge in [0.1, 0.15) is 15.9 Å². The van der Waals surface area contributed by atoms with Crippen LogP contribution in [0.1, 0.15) is 39.0 Å². The lowest BCUT2D eigenvalue weighted by atomic mass is 10.3. The number of carbonyl (C=O) groups excluding carboxylic acids is 1. The van der Waals surface area contributed by atoms with Crippen molar-refractivity contribution >= 4 is 46.4 Å². The molecule has 0 bridgehead atoms. The summed E-state index contributed by atoms with van der Waals surface area (Å²) in [7, 11) is 0. The Bertz CT molecular complexity index is 705. The highest BCUT2D eigenvalue weighted by atomic mass is 35.5. The molecule has 2 rings (SSSR count). The first-order valence-electron chi connectivity index (χ1n) is 5.70. The van der Waals surface area contributed by atoms with E-state index in [4.69, 9.17) is 28.3 Å². The molecule has 2 aromatic heterocycles. The number of aromatic nitrogens is 2. The summed E-state index contributed by atoms with van der Waals surface area (Å²) in [6.07, 6.45) is 0. The van der Waals surface area contributed by atoms with Crippen molar-refractivity contribution in [1.82, 2.24) is 15.3 Å². The van der Waals surface area contributed by atoms with Crippen LogP contribution in [0.2, 0.25) is 10.2 Å². The van der Waals surface area contributed by atoms with E-state index in [9.17, 15) is 9.59 Å². The fourth-order valence-corrected chi connectivity index (χ4v) is 2.63. The Hall–Kier alpha value is -1.70. The van der Waals surface area contributed by atoms with E-state index >= 15 is 0 Å². The molecule has 2 heterocycles. The fraction of sp³-hybridized carbons (Fsp3) is 0.167. The minimum absolute atomic E-state index is 0.00558. The zero-order chi connectivity index (χ0) is 15.6. The van der Waals surface area contributed by atoms with Gasteiger partial charge in [0.05, 0.1) is 11.1 Å². The predicted octanol–water partition coefficient (Wildman–Crippen LogP) is 3.03. The molecule has 1 amide bonds. The molecule has 6 nitrogen and oxygen atoms in total. The van der Waals surface area contributed by atoms with Crippen molar-refractivity contribution < 1.29 is 14.7 Å². The molecule has 2 aromatic rings. The van der Waals surface area contributed by atoms with Crippen LogP contribution in [0.4, 0.5) is 0 Å². The van der Waals surface area contributed by atoms with Crippen molar-refractivity contribution in [2.45, 2.75) is 13.0 Å². The summed E-state index contributed by atoms with van der Waals surface area (Å²) in [6, 6.07) is 2.47. The van der Waals surface area contributed by atoms with Crippen LogP contribution >= 0.6 is 34.5 Å². The summed E-state index contributed by atoms with van der Waals surface area (Å²) >= 11 is 12.8. The van der Waals surface area contributed by atoms with E-state index in [0.717, 1.165) is 11.3 Å². The number of amides is 1. The van der Waals surface area contributed by atoms with Gasteiger partial charge in [-0.05, 0) is 19.1 Å². The topological polar surface area (TPSA) is 92.2 Å². The maximum absolute atomic E-state index is 12.1. The Labute approximate surface area is 133 Å². The Morgan fingerprint density at radius 2 is 2.05 bits per heavy atom. The first-order chi connectivity index (χ1) is 9.88. The third kappa shape index (κ3) is 3.69. The highest BCUT2D eigenvalue weighted by molar-refractivity contribution is 7.09. The lowest BCUT2D eigenvalue weighted by Gasteiger charge is -2.11. The van der Waals surface area contributed by atoms with Gasteiger partial charge >= 0.3 is 5.97 Å². The molecule has 0 aliphatic rings. The predicted molar refractivity (Wildman–Crippen MR) is 79.2 cm³/mol. The molecule has 2 N–H and O–H groups in total. The van der Waals surface area contributed by atoms with E-state index in [2.05, 4.69) is 15.3 Å². The monoisotopic (exact) mass is 345 g/mol. The number of nitrogens with zero attached hydrogens (tertiary/aromatic N) is 2. The number of halogens is 2. The van der Waals surface area contributed by atoms with Gasteiger partial charge in [-0.2, -0.15) is 0 Å². The molecular weight excluding hydrogens is 337 g/mol. The molecule has 1 atom stereocenters. The highest BCUT2D eigenvalue weighted by Gasteiger charge is 2.19. The van der Waals surface area contributed by atoms with Crippen molar-refractivity contribution in [3.05, 3.63) is 44.1 Å². The maximum atomic E-state index is 12.1. The number of hydrogen-bond donors (Lipinski definition) is 2. The van der Waals surface area contributed by atoms with Crippen LogP contribution in [0.15, 0.2) is 17.5 Å². The summed E-state index contributed by atoms with van der Waals surface area (Å²) < 4.78 is 0. The van der Waals surface area contributed by atoms with Gasteiger partial charge in [0, 0.05) is 5.38 Å². The van der Waals surface area contributed by atoms with E-state index in [-0.39, 0.29) is 21.6 Å². The number of aromatic carboxylic acids is 1. The quantitative estimate of drug-likeness (QED) is 0.830. The van der Waals surface area contributed by atoms with Crippen LogP contribution in [-0.4, -0.2) is 27.0 Å². The van der Waals surface area contributed by atoms with E-state index in [1.165, 1.54) is 17.5 Å². The van der Waals surface area contributed by atoms with Gasteiger partial charge < -0.3 is 10.4 Å². The van der Waals surface area contributed by atoms with Crippen molar-refractivity contribution in [3.63, 3.8) is 0 Å². The van der Waals surface area contributed by atoms with Crippen LogP contribution in [0.3, 0.4) is 0 Å². The van der Waals surface area contributed by atoms with Crippen LogP contribution in [0, 0.1) is 0 Å². The Kier molecular flexibility index (Phi) is 4.76. The molecule has 0 fully saturated rings. The molecule has 9 heteroatoms. The number of nitrogens with one attached hydrogen (secondary N) is 1. The molecular formula is C12H9Cl2N3O3S. The second kappa shape index (κ2) is 6.38. The van der Waals surface area contributed by atoms with Gasteiger partial charge in [0.15, 0.2) is 5.69 Å². The molecule has 0 saturated carbocycles. The van der Waals surface area contributed by atoms with Gasteiger partial charge in [-0.25, -0.2) is 14.8 Å². The lowest BCUT2D eigenvalue weighted by molar-refractivity contribution is 0.0691. The average Bonchev–Trinajstić information content (AvgIpc) is 2.91. The first-order valence-corrected chi connectivity index (χ1v) is 7.33. The SMILES string of the molecule is CC(NC(=O)c1nc(Cl)ccc1Cl)c1nc(C(=O)O)cs1. The Morgan fingerprint density at radius 3 is 2.67 bits per heavy atom. The van der Waals surface area contributed by atoms with Gasteiger partial charge in [-0.3, -0.25) is 4.79 Å².